The Labute approximate surface area is 141 Å². The van der Waals surface area contributed by atoms with Gasteiger partial charge in [0.15, 0.2) is 0 Å². The van der Waals surface area contributed by atoms with Crippen LogP contribution in [-0.4, -0.2) is 36.5 Å². The van der Waals surface area contributed by atoms with E-state index < -0.39 is 0 Å². The lowest BCUT2D eigenvalue weighted by molar-refractivity contribution is -0.134. The molecule has 0 spiro atoms. The standard InChI is InChI=1S/C19H34O4/c1-3-4-10-13-16(20)19-17(23-19)14-11-8-6-5-7-9-12-15-18(21)22-2/h12,15-17,19-20H,3-11,13-14H2,1-2H3. The molecule has 1 N–H and O–H groups in total. The maximum absolute atomic E-state index is 10.9. The van der Waals surface area contributed by atoms with Crippen LogP contribution in [0.3, 0.4) is 0 Å². The molecule has 3 unspecified atom stereocenters. The average Bonchev–Trinajstić information content (AvgIpc) is 3.32. The third-order valence-electron chi connectivity index (χ3n) is 4.42. The number of rotatable bonds is 14. The second-order valence-corrected chi connectivity index (χ2v) is 6.47. The fraction of sp³-hybridized carbons (Fsp3) is 0.842. The van der Waals surface area contributed by atoms with E-state index in [1.807, 2.05) is 6.08 Å². The van der Waals surface area contributed by atoms with Gasteiger partial charge >= 0.3 is 5.97 Å². The molecule has 1 fully saturated rings. The molecular formula is C19H34O4. The number of aliphatic hydroxyl groups excluding tert-OH is 1. The molecule has 1 rings (SSSR count). The molecule has 0 saturated carbocycles. The smallest absolute Gasteiger partial charge is 0.330 e. The lowest BCUT2D eigenvalue weighted by Crippen LogP contribution is -2.16. The Morgan fingerprint density at radius 1 is 1.17 bits per heavy atom. The van der Waals surface area contributed by atoms with Crippen molar-refractivity contribution in [3.05, 3.63) is 12.2 Å². The predicted octanol–water partition coefficient (Wildman–Crippen LogP) is 4.15. The molecule has 0 aliphatic carbocycles. The number of hydrogen-bond donors (Lipinski definition) is 1. The summed E-state index contributed by atoms with van der Waals surface area (Å²) >= 11 is 0. The number of unbranched alkanes of at least 4 members (excludes halogenated alkanes) is 7. The minimum Gasteiger partial charge on any atom is -0.466 e. The van der Waals surface area contributed by atoms with E-state index in [4.69, 9.17) is 4.74 Å². The summed E-state index contributed by atoms with van der Waals surface area (Å²) in [5, 5.41) is 10.0. The Morgan fingerprint density at radius 2 is 1.91 bits per heavy atom. The minimum atomic E-state index is -0.277. The summed E-state index contributed by atoms with van der Waals surface area (Å²) in [6.45, 7) is 2.18. The molecule has 4 nitrogen and oxygen atoms in total. The molecule has 1 aliphatic heterocycles. The van der Waals surface area contributed by atoms with Gasteiger partial charge in [0.05, 0.1) is 19.3 Å². The highest BCUT2D eigenvalue weighted by Gasteiger charge is 2.42. The Balaban J connectivity index is 1.87. The number of carbonyl (C=O) groups is 1. The zero-order valence-corrected chi connectivity index (χ0v) is 14.8. The minimum absolute atomic E-state index is 0.107. The number of methoxy groups -OCH3 is 1. The summed E-state index contributed by atoms with van der Waals surface area (Å²) in [4.78, 5) is 10.9. The summed E-state index contributed by atoms with van der Waals surface area (Å²) in [5.41, 5.74) is 0. The topological polar surface area (TPSA) is 59.1 Å². The SMILES string of the molecule is CCCCCC(O)C1OC1CCCCCCCC=CC(=O)OC. The molecular weight excluding hydrogens is 292 g/mol. The first-order valence-electron chi connectivity index (χ1n) is 9.27. The van der Waals surface area contributed by atoms with E-state index in [9.17, 15) is 9.90 Å². The monoisotopic (exact) mass is 326 g/mol. The number of ether oxygens (including phenoxy) is 2. The van der Waals surface area contributed by atoms with Crippen molar-refractivity contribution in [3.63, 3.8) is 0 Å². The van der Waals surface area contributed by atoms with E-state index in [0.29, 0.717) is 6.10 Å². The number of epoxide rings is 1. The van der Waals surface area contributed by atoms with Crippen LogP contribution in [-0.2, 0) is 14.3 Å². The van der Waals surface area contributed by atoms with Crippen LogP contribution in [0.1, 0.15) is 77.6 Å². The first-order chi connectivity index (χ1) is 11.2. The van der Waals surface area contributed by atoms with Gasteiger partial charge in [-0.2, -0.15) is 0 Å². The maximum atomic E-state index is 10.9. The molecule has 0 aromatic heterocycles. The van der Waals surface area contributed by atoms with Crippen LogP contribution in [0.2, 0.25) is 0 Å². The molecule has 3 atom stereocenters. The second kappa shape index (κ2) is 12.5. The summed E-state index contributed by atoms with van der Waals surface area (Å²) in [6, 6.07) is 0. The highest BCUT2D eigenvalue weighted by molar-refractivity contribution is 5.81. The molecule has 1 aliphatic rings. The maximum Gasteiger partial charge on any atom is 0.330 e. The van der Waals surface area contributed by atoms with E-state index in [-0.39, 0.29) is 18.2 Å². The van der Waals surface area contributed by atoms with E-state index in [1.54, 1.807) is 0 Å². The third kappa shape index (κ3) is 9.77. The van der Waals surface area contributed by atoms with Crippen LogP contribution in [0.15, 0.2) is 12.2 Å². The van der Waals surface area contributed by atoms with Gasteiger partial charge in [0.2, 0.25) is 0 Å². The van der Waals surface area contributed by atoms with Crippen LogP contribution in [0.5, 0.6) is 0 Å². The Kier molecular flexibility index (Phi) is 11.0. The molecule has 4 heteroatoms. The van der Waals surface area contributed by atoms with Gasteiger partial charge in [-0.15, -0.1) is 0 Å². The summed E-state index contributed by atoms with van der Waals surface area (Å²) in [7, 11) is 1.39. The van der Waals surface area contributed by atoms with E-state index in [1.165, 1.54) is 51.7 Å². The highest BCUT2D eigenvalue weighted by atomic mass is 16.6. The van der Waals surface area contributed by atoms with Gasteiger partial charge in [-0.3, -0.25) is 0 Å². The van der Waals surface area contributed by atoms with Crippen molar-refractivity contribution in [1.29, 1.82) is 0 Å². The zero-order valence-electron chi connectivity index (χ0n) is 14.8. The highest BCUT2D eigenvalue weighted by Crippen LogP contribution is 2.32. The van der Waals surface area contributed by atoms with E-state index >= 15 is 0 Å². The fourth-order valence-corrected chi connectivity index (χ4v) is 2.88. The van der Waals surface area contributed by atoms with Crippen LogP contribution in [0.4, 0.5) is 0 Å². The Hall–Kier alpha value is -0.870. The molecule has 0 bridgehead atoms. The normalized spacial score (nSPS) is 21.5. The summed E-state index contributed by atoms with van der Waals surface area (Å²) in [5.74, 6) is -0.277. The lowest BCUT2D eigenvalue weighted by atomic mass is 10.0. The first kappa shape index (κ1) is 20.2. The number of aliphatic hydroxyl groups is 1. The molecule has 0 aromatic rings. The van der Waals surface area contributed by atoms with Gasteiger partial charge in [0, 0.05) is 6.08 Å². The van der Waals surface area contributed by atoms with Gasteiger partial charge in [-0.05, 0) is 25.7 Å². The molecule has 0 radical (unpaired) electrons. The lowest BCUT2D eigenvalue weighted by Gasteiger charge is -2.06. The van der Waals surface area contributed by atoms with Crippen molar-refractivity contribution in [2.45, 2.75) is 95.9 Å². The van der Waals surface area contributed by atoms with Crippen molar-refractivity contribution < 1.29 is 19.4 Å². The van der Waals surface area contributed by atoms with Gasteiger partial charge in [-0.25, -0.2) is 4.79 Å². The average molecular weight is 326 g/mol. The van der Waals surface area contributed by atoms with E-state index in [2.05, 4.69) is 11.7 Å². The second-order valence-electron chi connectivity index (χ2n) is 6.47. The summed E-state index contributed by atoms with van der Waals surface area (Å²) < 4.78 is 10.1. The molecule has 1 heterocycles. The van der Waals surface area contributed by atoms with Crippen molar-refractivity contribution >= 4 is 5.97 Å². The van der Waals surface area contributed by atoms with Gasteiger partial charge < -0.3 is 14.6 Å². The third-order valence-corrected chi connectivity index (χ3v) is 4.42. The van der Waals surface area contributed by atoms with Crippen LogP contribution >= 0.6 is 0 Å². The number of hydrogen-bond acceptors (Lipinski definition) is 4. The fourth-order valence-electron chi connectivity index (χ4n) is 2.88. The zero-order chi connectivity index (χ0) is 16.9. The summed E-state index contributed by atoms with van der Waals surface area (Å²) in [6.07, 6.45) is 15.9. The van der Waals surface area contributed by atoms with Gasteiger partial charge in [0.25, 0.3) is 0 Å². The predicted molar refractivity (Wildman–Crippen MR) is 92.3 cm³/mol. The molecule has 0 amide bonds. The van der Waals surface area contributed by atoms with Crippen molar-refractivity contribution in [1.82, 2.24) is 0 Å². The van der Waals surface area contributed by atoms with Gasteiger partial charge in [-0.1, -0.05) is 57.9 Å². The number of esters is 1. The molecule has 1 saturated heterocycles. The number of carbonyl (C=O) groups excluding carboxylic acids is 1. The number of allylic oxidation sites excluding steroid dienone is 1. The largest absolute Gasteiger partial charge is 0.466 e. The quantitative estimate of drug-likeness (QED) is 0.225. The van der Waals surface area contributed by atoms with Crippen LogP contribution < -0.4 is 0 Å². The van der Waals surface area contributed by atoms with Crippen LogP contribution in [0, 0.1) is 0 Å². The van der Waals surface area contributed by atoms with Crippen molar-refractivity contribution in [2.24, 2.45) is 0 Å². The first-order valence-corrected chi connectivity index (χ1v) is 9.27. The molecule has 23 heavy (non-hydrogen) atoms. The Morgan fingerprint density at radius 3 is 2.65 bits per heavy atom. The van der Waals surface area contributed by atoms with E-state index in [0.717, 1.165) is 32.1 Å². The molecule has 134 valence electrons. The van der Waals surface area contributed by atoms with Crippen LogP contribution in [0.25, 0.3) is 0 Å². The van der Waals surface area contributed by atoms with Crippen molar-refractivity contribution in [3.8, 4) is 0 Å². The van der Waals surface area contributed by atoms with Gasteiger partial charge in [0.1, 0.15) is 6.10 Å². The Bertz CT molecular complexity index is 340. The van der Waals surface area contributed by atoms with Crippen molar-refractivity contribution in [2.75, 3.05) is 7.11 Å². The molecule has 0 aromatic carbocycles.